The summed E-state index contributed by atoms with van der Waals surface area (Å²) in [6.45, 7) is 7.91. The first-order chi connectivity index (χ1) is 26.1. The molecule has 1 N–H and O–H groups in total. The van der Waals surface area contributed by atoms with E-state index in [9.17, 15) is 9.50 Å². The molecule has 0 amide bonds. The summed E-state index contributed by atoms with van der Waals surface area (Å²) in [5, 5.41) is 12.7. The summed E-state index contributed by atoms with van der Waals surface area (Å²) in [5.41, 5.74) is -0.0499. The number of furan rings is 1. The number of terminal acetylenes is 1. The van der Waals surface area contributed by atoms with Crippen molar-refractivity contribution in [2.45, 2.75) is 62.8 Å². The summed E-state index contributed by atoms with van der Waals surface area (Å²) in [6, 6.07) is 8.16. The number of anilines is 1. The predicted octanol–water partition coefficient (Wildman–Crippen LogP) is 6.64. The zero-order valence-corrected chi connectivity index (χ0v) is 30.5. The molecule has 4 atom stereocenters. The molecule has 5 aliphatic heterocycles. The zero-order valence-electron chi connectivity index (χ0n) is 30.5. The van der Waals surface area contributed by atoms with Gasteiger partial charge < -0.3 is 24.1 Å². The summed E-state index contributed by atoms with van der Waals surface area (Å²) in [5.74, 6) is 2.72. The third-order valence-corrected chi connectivity index (χ3v) is 12.9. The van der Waals surface area contributed by atoms with E-state index in [2.05, 4.69) is 32.6 Å². The molecule has 9 nitrogen and oxygen atoms in total. The first-order valence-electron chi connectivity index (χ1n) is 19.2. The number of aromatic nitrogens is 2. The number of hydrogen-bond donors (Lipinski definition) is 1. The number of rotatable bonds is 7. The summed E-state index contributed by atoms with van der Waals surface area (Å²) in [7, 11) is 2.16. The maximum Gasteiger partial charge on any atom is 0.319 e. The lowest BCUT2D eigenvalue weighted by Crippen LogP contribution is -2.58. The molecule has 54 heavy (non-hydrogen) atoms. The maximum atomic E-state index is 17.7. The van der Waals surface area contributed by atoms with Gasteiger partial charge in [0, 0.05) is 74.1 Å². The third kappa shape index (κ3) is 5.26. The Hall–Kier alpha value is -4.57. The molecule has 0 saturated carbocycles. The number of halogens is 3. The molecular formula is C42H43F3N6O3. The molecule has 10 rings (SSSR count). The maximum absolute atomic E-state index is 17.7. The highest BCUT2D eigenvalue weighted by atomic mass is 19.1. The lowest BCUT2D eigenvalue weighted by molar-refractivity contribution is 0.0623. The Morgan fingerprint density at radius 3 is 2.61 bits per heavy atom. The van der Waals surface area contributed by atoms with Gasteiger partial charge in [-0.2, -0.15) is 9.97 Å². The van der Waals surface area contributed by atoms with Crippen LogP contribution in [-0.4, -0.2) is 113 Å². The van der Waals surface area contributed by atoms with Gasteiger partial charge in [0.1, 0.15) is 47.0 Å². The van der Waals surface area contributed by atoms with Crippen LogP contribution in [-0.2, 0) is 0 Å². The number of likely N-dealkylation sites (tertiary alicyclic amines) is 1. The van der Waals surface area contributed by atoms with Crippen molar-refractivity contribution >= 4 is 38.5 Å². The third-order valence-electron chi connectivity index (χ3n) is 12.9. The highest BCUT2D eigenvalue weighted by Crippen LogP contribution is 2.47. The van der Waals surface area contributed by atoms with Crippen LogP contribution in [0.4, 0.5) is 19.0 Å². The van der Waals surface area contributed by atoms with Crippen LogP contribution in [0.5, 0.6) is 11.8 Å². The number of hydrogen-bond acceptors (Lipinski definition) is 9. The molecule has 12 heteroatoms. The number of ether oxygens (including phenoxy) is 1. The molecule has 5 fully saturated rings. The topological polar surface area (TPSA) is 81.3 Å². The van der Waals surface area contributed by atoms with Gasteiger partial charge in [-0.3, -0.25) is 9.80 Å². The molecule has 5 aliphatic rings. The molecule has 5 saturated heterocycles. The number of benzene rings is 3. The van der Waals surface area contributed by atoms with E-state index in [-0.39, 0.29) is 51.5 Å². The predicted molar refractivity (Wildman–Crippen MR) is 202 cm³/mol. The van der Waals surface area contributed by atoms with Crippen LogP contribution in [0.1, 0.15) is 43.4 Å². The van der Waals surface area contributed by atoms with Crippen LogP contribution in [0.15, 0.2) is 34.7 Å². The Bertz CT molecular complexity index is 2380. The van der Waals surface area contributed by atoms with Crippen molar-refractivity contribution in [2.75, 3.05) is 64.4 Å². The zero-order chi connectivity index (χ0) is 37.0. The number of fused-ring (bicyclic) bond motifs is 7. The number of nitrogens with zero attached hydrogens (tertiary/aromatic N) is 6. The summed E-state index contributed by atoms with van der Waals surface area (Å²) in [4.78, 5) is 19.3. The van der Waals surface area contributed by atoms with Gasteiger partial charge in [-0.1, -0.05) is 12.0 Å². The van der Waals surface area contributed by atoms with Crippen molar-refractivity contribution in [3.05, 3.63) is 53.3 Å². The molecule has 5 aromatic rings. The minimum absolute atomic E-state index is 0.0104. The van der Waals surface area contributed by atoms with E-state index in [1.807, 2.05) is 6.07 Å². The second kappa shape index (κ2) is 12.5. The van der Waals surface area contributed by atoms with Crippen molar-refractivity contribution < 1.29 is 27.4 Å². The molecule has 0 radical (unpaired) electrons. The second-order valence-electron chi connectivity index (χ2n) is 16.4. The highest BCUT2D eigenvalue weighted by molar-refractivity contribution is 6.18. The van der Waals surface area contributed by atoms with E-state index in [4.69, 9.17) is 25.5 Å². The van der Waals surface area contributed by atoms with E-state index < -0.39 is 23.3 Å². The van der Waals surface area contributed by atoms with Gasteiger partial charge in [-0.05, 0) is 81.8 Å². The summed E-state index contributed by atoms with van der Waals surface area (Å²) < 4.78 is 60.5. The van der Waals surface area contributed by atoms with E-state index in [0.29, 0.717) is 58.7 Å². The van der Waals surface area contributed by atoms with Gasteiger partial charge in [0.15, 0.2) is 5.82 Å². The van der Waals surface area contributed by atoms with Gasteiger partial charge in [0.2, 0.25) is 0 Å². The van der Waals surface area contributed by atoms with Crippen LogP contribution < -0.4 is 9.64 Å². The van der Waals surface area contributed by atoms with Gasteiger partial charge in [-0.25, -0.2) is 13.2 Å². The fourth-order valence-electron chi connectivity index (χ4n) is 10.6. The van der Waals surface area contributed by atoms with Crippen molar-refractivity contribution in [3.63, 3.8) is 0 Å². The van der Waals surface area contributed by atoms with Crippen LogP contribution in [0, 0.1) is 36.8 Å². The SMILES string of the molecule is C#Cc1c(F)ccc2cc(O)cc(-c3c(F)c4nc(OC[C@@]56CCCN5C[C@H](F)C6)nc(N5C[C@H]6CC[C@@H](C5)N6CC5CN(C)C5)c4c4cc(C)oc34)c12. The molecule has 7 heterocycles. The smallest absolute Gasteiger partial charge is 0.319 e. The van der Waals surface area contributed by atoms with Crippen molar-refractivity contribution in [1.82, 2.24) is 24.7 Å². The van der Waals surface area contributed by atoms with Crippen LogP contribution >= 0.6 is 0 Å². The van der Waals surface area contributed by atoms with Gasteiger partial charge >= 0.3 is 6.01 Å². The first-order valence-corrected chi connectivity index (χ1v) is 19.2. The lowest BCUT2D eigenvalue weighted by atomic mass is 9.91. The Morgan fingerprint density at radius 1 is 1.06 bits per heavy atom. The van der Waals surface area contributed by atoms with Gasteiger partial charge in [0.25, 0.3) is 0 Å². The van der Waals surface area contributed by atoms with Crippen molar-refractivity contribution in [2.24, 2.45) is 5.92 Å². The number of aromatic hydroxyl groups is 1. The largest absolute Gasteiger partial charge is 0.508 e. The highest BCUT2D eigenvalue weighted by Gasteiger charge is 2.50. The number of piperazine rings is 1. The van der Waals surface area contributed by atoms with Crippen LogP contribution in [0.2, 0.25) is 0 Å². The number of aryl methyl sites for hydroxylation is 1. The fourth-order valence-corrected chi connectivity index (χ4v) is 10.6. The van der Waals surface area contributed by atoms with E-state index in [1.54, 1.807) is 6.92 Å². The minimum Gasteiger partial charge on any atom is -0.508 e. The van der Waals surface area contributed by atoms with E-state index >= 15 is 8.78 Å². The first kappa shape index (κ1) is 34.0. The summed E-state index contributed by atoms with van der Waals surface area (Å²) >= 11 is 0. The summed E-state index contributed by atoms with van der Waals surface area (Å²) in [6.07, 6.45) is 9.21. The Kier molecular flexibility index (Phi) is 7.85. The Labute approximate surface area is 311 Å². The number of phenolic OH excluding ortho intramolecular Hbond substituents is 1. The molecule has 280 valence electrons. The lowest BCUT2D eigenvalue weighted by Gasteiger charge is -2.46. The molecule has 2 aromatic heterocycles. The molecule has 2 bridgehead atoms. The van der Waals surface area contributed by atoms with Crippen LogP contribution in [0.25, 0.3) is 43.8 Å². The molecule has 0 spiro atoms. The molecule has 3 aromatic carbocycles. The average Bonchev–Trinajstić information content (AvgIpc) is 3.85. The molecule has 0 unspecified atom stereocenters. The monoisotopic (exact) mass is 736 g/mol. The standard InChI is InChI=1S/C42H43F3N6O3/c1-4-30-33(44)9-6-25-13-29(52)14-31(34(25)30)35-37(45)38-36(32-12-23(2)54-39(32)35)40(47-41(46-38)53-22-42-10-5-11-50(42)19-26(43)15-42)49-20-27-7-8-28(21-49)51(27)18-24-16-48(3)17-24/h1,6,9,12-14,24,26-28,52H,5,7-8,10-11,15-22H2,2-3H3/t26-,27-,28+,42+/m1/s1. The van der Waals surface area contributed by atoms with Gasteiger partial charge in [-0.15, -0.1) is 6.42 Å². The fraction of sp³-hybridized carbons (Fsp3) is 0.476. The van der Waals surface area contributed by atoms with Crippen LogP contribution in [0.3, 0.4) is 0 Å². The number of phenols is 1. The average molecular weight is 737 g/mol. The molecular weight excluding hydrogens is 693 g/mol. The van der Waals surface area contributed by atoms with Crippen molar-refractivity contribution in [1.29, 1.82) is 0 Å². The molecule has 0 aliphatic carbocycles. The Balaban J connectivity index is 1.15. The van der Waals surface area contributed by atoms with Gasteiger partial charge in [0.05, 0.1) is 22.1 Å². The second-order valence-corrected chi connectivity index (χ2v) is 16.4. The van der Waals surface area contributed by atoms with Crippen molar-refractivity contribution in [3.8, 4) is 35.2 Å². The quantitative estimate of drug-likeness (QED) is 0.185. The normalized spacial score (nSPS) is 26.3. The number of alkyl halides is 1. The van der Waals surface area contributed by atoms with E-state index in [1.165, 1.54) is 24.3 Å². The van der Waals surface area contributed by atoms with E-state index in [0.717, 1.165) is 65.0 Å². The Morgan fingerprint density at radius 2 is 1.85 bits per heavy atom. The minimum atomic E-state index is -0.929.